The monoisotopic (exact) mass is 365 g/mol. The van der Waals surface area contributed by atoms with Crippen LogP contribution in [0.15, 0.2) is 78.9 Å². The van der Waals surface area contributed by atoms with Gasteiger partial charge in [0.2, 0.25) is 0 Å². The molecule has 4 nitrogen and oxygen atoms in total. The van der Waals surface area contributed by atoms with Crippen molar-refractivity contribution in [1.29, 1.82) is 0 Å². The Morgan fingerprint density at radius 2 is 1.58 bits per heavy atom. The maximum Gasteiger partial charge on any atom is 0.339 e. The van der Waals surface area contributed by atoms with Crippen LogP contribution in [0.25, 0.3) is 0 Å². The summed E-state index contributed by atoms with van der Waals surface area (Å²) in [5.74, 6) is -0.794. The van der Waals surface area contributed by atoms with Crippen LogP contribution in [0, 0.1) is 0 Å². The molecule has 0 aliphatic heterocycles. The zero-order chi connectivity index (χ0) is 18.5. The van der Waals surface area contributed by atoms with E-state index >= 15 is 0 Å². The smallest absolute Gasteiger partial charge is 0.339 e. The van der Waals surface area contributed by atoms with Crippen LogP contribution in [0.2, 0.25) is 5.02 Å². The van der Waals surface area contributed by atoms with Gasteiger partial charge in [0, 0.05) is 10.6 Å². The Balaban J connectivity index is 2.20. The lowest BCUT2D eigenvalue weighted by Gasteiger charge is -2.25. The van der Waals surface area contributed by atoms with Gasteiger partial charge < -0.3 is 4.74 Å². The van der Waals surface area contributed by atoms with E-state index in [2.05, 4.69) is 0 Å². The topological polar surface area (TPSA) is 46.6 Å². The van der Waals surface area contributed by atoms with Crippen LogP contribution in [0.4, 0.5) is 11.4 Å². The molecule has 3 aromatic rings. The number of amides is 1. The van der Waals surface area contributed by atoms with E-state index in [1.165, 1.54) is 12.0 Å². The Kier molecular flexibility index (Phi) is 5.34. The van der Waals surface area contributed by atoms with E-state index in [0.717, 1.165) is 0 Å². The number of ether oxygens (including phenoxy) is 1. The van der Waals surface area contributed by atoms with Gasteiger partial charge in [0.1, 0.15) is 0 Å². The van der Waals surface area contributed by atoms with Gasteiger partial charge >= 0.3 is 5.97 Å². The van der Waals surface area contributed by atoms with Gasteiger partial charge in [-0.05, 0) is 42.5 Å². The molecule has 0 bridgehead atoms. The summed E-state index contributed by atoms with van der Waals surface area (Å²) in [7, 11) is 1.31. The van der Waals surface area contributed by atoms with Crippen molar-refractivity contribution in [1.82, 2.24) is 0 Å². The van der Waals surface area contributed by atoms with Crippen molar-refractivity contribution in [2.24, 2.45) is 0 Å². The summed E-state index contributed by atoms with van der Waals surface area (Å²) in [6.07, 6.45) is 0. The van der Waals surface area contributed by atoms with Crippen molar-refractivity contribution in [2.45, 2.75) is 0 Å². The Morgan fingerprint density at radius 1 is 0.885 bits per heavy atom. The molecule has 0 aliphatic carbocycles. The third kappa shape index (κ3) is 3.60. The first kappa shape index (κ1) is 17.7. The number of anilines is 2. The zero-order valence-electron chi connectivity index (χ0n) is 14.1. The number of methoxy groups -OCH3 is 1. The summed E-state index contributed by atoms with van der Waals surface area (Å²) < 4.78 is 4.87. The summed E-state index contributed by atoms with van der Waals surface area (Å²) in [6, 6.07) is 22.6. The molecule has 0 radical (unpaired) electrons. The summed E-state index contributed by atoms with van der Waals surface area (Å²) in [5.41, 5.74) is 1.77. The van der Waals surface area contributed by atoms with Crippen LogP contribution >= 0.6 is 11.6 Å². The number of hydrogen-bond acceptors (Lipinski definition) is 3. The molecule has 0 fully saturated rings. The van der Waals surface area contributed by atoms with Crippen LogP contribution in [-0.4, -0.2) is 19.0 Å². The molecule has 0 unspecified atom stereocenters. The van der Waals surface area contributed by atoms with Crippen molar-refractivity contribution in [3.63, 3.8) is 0 Å². The van der Waals surface area contributed by atoms with Gasteiger partial charge in [-0.25, -0.2) is 4.79 Å². The zero-order valence-corrected chi connectivity index (χ0v) is 14.8. The van der Waals surface area contributed by atoms with Crippen molar-refractivity contribution < 1.29 is 14.3 Å². The predicted molar refractivity (Wildman–Crippen MR) is 102 cm³/mol. The molecule has 130 valence electrons. The number of rotatable bonds is 4. The molecule has 0 atom stereocenters. The second-order valence-corrected chi connectivity index (χ2v) is 5.93. The Bertz CT molecular complexity index is 941. The fraction of sp³-hybridized carbons (Fsp3) is 0.0476. The van der Waals surface area contributed by atoms with E-state index in [0.29, 0.717) is 27.5 Å². The van der Waals surface area contributed by atoms with E-state index in [9.17, 15) is 9.59 Å². The van der Waals surface area contributed by atoms with E-state index in [4.69, 9.17) is 16.3 Å². The first-order valence-corrected chi connectivity index (χ1v) is 8.32. The number of hydrogen-bond donors (Lipinski definition) is 0. The average Bonchev–Trinajstić information content (AvgIpc) is 2.68. The maximum atomic E-state index is 13.3. The quantitative estimate of drug-likeness (QED) is 0.604. The van der Waals surface area contributed by atoms with Crippen molar-refractivity contribution in [2.75, 3.05) is 12.0 Å². The molecule has 0 aliphatic rings. The number of nitrogens with zero attached hydrogens (tertiary/aromatic N) is 1. The highest BCUT2D eigenvalue weighted by Crippen LogP contribution is 2.32. The highest BCUT2D eigenvalue weighted by molar-refractivity contribution is 6.31. The number of esters is 1. The van der Waals surface area contributed by atoms with Crippen molar-refractivity contribution >= 4 is 34.9 Å². The number of para-hydroxylation sites is 1. The molecule has 3 rings (SSSR count). The lowest BCUT2D eigenvalue weighted by Crippen LogP contribution is -2.27. The van der Waals surface area contributed by atoms with Gasteiger partial charge in [-0.2, -0.15) is 0 Å². The van der Waals surface area contributed by atoms with Crippen LogP contribution in [0.1, 0.15) is 20.7 Å². The van der Waals surface area contributed by atoms with Gasteiger partial charge in [0.05, 0.1) is 24.0 Å². The molecular formula is C21H16ClNO3. The summed E-state index contributed by atoms with van der Waals surface area (Å²) >= 11 is 6.13. The van der Waals surface area contributed by atoms with Crippen molar-refractivity contribution in [3.8, 4) is 0 Å². The lowest BCUT2D eigenvalue weighted by molar-refractivity contribution is 0.0601. The minimum absolute atomic E-state index is 0.274. The SMILES string of the molecule is COC(=O)c1ccccc1N(C(=O)c1ccccc1)c1cccc(Cl)c1. The van der Waals surface area contributed by atoms with Crippen LogP contribution in [-0.2, 0) is 4.74 Å². The minimum Gasteiger partial charge on any atom is -0.465 e. The Labute approximate surface area is 156 Å². The maximum absolute atomic E-state index is 13.3. The Morgan fingerprint density at radius 3 is 2.27 bits per heavy atom. The van der Waals surface area contributed by atoms with E-state index in [-0.39, 0.29) is 5.91 Å². The van der Waals surface area contributed by atoms with Crippen LogP contribution in [0.5, 0.6) is 0 Å². The van der Waals surface area contributed by atoms with E-state index in [1.807, 2.05) is 6.07 Å². The molecule has 0 saturated carbocycles. The van der Waals surface area contributed by atoms with Gasteiger partial charge in [0.25, 0.3) is 5.91 Å². The largest absolute Gasteiger partial charge is 0.465 e. The van der Waals surface area contributed by atoms with Gasteiger partial charge in [-0.15, -0.1) is 0 Å². The minimum atomic E-state index is -0.520. The summed E-state index contributed by atoms with van der Waals surface area (Å²) in [6.45, 7) is 0. The fourth-order valence-corrected chi connectivity index (χ4v) is 2.83. The Hall–Kier alpha value is -3.11. The van der Waals surface area contributed by atoms with E-state index in [1.54, 1.807) is 72.8 Å². The predicted octanol–water partition coefficient (Wildman–Crippen LogP) is 5.11. The summed E-state index contributed by atoms with van der Waals surface area (Å²) in [4.78, 5) is 26.9. The standard InChI is InChI=1S/C21H16ClNO3/c1-26-21(25)18-12-5-6-13-19(18)23(17-11-7-10-16(22)14-17)20(24)15-8-3-2-4-9-15/h2-14H,1H3. The molecule has 5 heteroatoms. The third-order valence-electron chi connectivity index (χ3n) is 3.84. The first-order chi connectivity index (χ1) is 12.6. The number of halogens is 1. The lowest BCUT2D eigenvalue weighted by atomic mass is 10.1. The molecule has 0 spiro atoms. The van der Waals surface area contributed by atoms with Gasteiger partial charge in [-0.1, -0.05) is 48.0 Å². The van der Waals surface area contributed by atoms with Crippen LogP contribution < -0.4 is 4.90 Å². The molecule has 0 saturated heterocycles. The molecule has 0 heterocycles. The molecule has 0 aromatic heterocycles. The second-order valence-electron chi connectivity index (χ2n) is 5.50. The van der Waals surface area contributed by atoms with Gasteiger partial charge in [0.15, 0.2) is 0 Å². The molecular weight excluding hydrogens is 350 g/mol. The molecule has 3 aromatic carbocycles. The van der Waals surface area contributed by atoms with E-state index < -0.39 is 5.97 Å². The van der Waals surface area contributed by atoms with Crippen LogP contribution in [0.3, 0.4) is 0 Å². The normalized spacial score (nSPS) is 10.2. The van der Waals surface area contributed by atoms with Gasteiger partial charge in [-0.3, -0.25) is 9.69 Å². The number of carbonyl (C=O) groups is 2. The number of benzene rings is 3. The molecule has 1 amide bonds. The average molecular weight is 366 g/mol. The summed E-state index contributed by atoms with van der Waals surface area (Å²) in [5, 5.41) is 0.490. The number of carbonyl (C=O) groups excluding carboxylic acids is 2. The highest BCUT2D eigenvalue weighted by Gasteiger charge is 2.24. The highest BCUT2D eigenvalue weighted by atomic mass is 35.5. The fourth-order valence-electron chi connectivity index (χ4n) is 2.64. The third-order valence-corrected chi connectivity index (χ3v) is 4.08. The first-order valence-electron chi connectivity index (χ1n) is 7.94. The molecule has 26 heavy (non-hydrogen) atoms. The van der Waals surface area contributed by atoms with Crippen molar-refractivity contribution in [3.05, 3.63) is 95.0 Å². The second kappa shape index (κ2) is 7.85. The molecule has 0 N–H and O–H groups in total.